The Morgan fingerprint density at radius 3 is 1.80 bits per heavy atom. The number of fused-ring (bicyclic) bond motifs is 3. The first kappa shape index (κ1) is 46.1. The van der Waals surface area contributed by atoms with Crippen molar-refractivity contribution >= 4 is 56.1 Å². The topological polar surface area (TPSA) is 157 Å². The predicted molar refractivity (Wildman–Crippen MR) is 269 cm³/mol. The van der Waals surface area contributed by atoms with Crippen molar-refractivity contribution in [3.8, 4) is 56.5 Å². The molecule has 0 saturated carbocycles. The molecule has 4 N–H and O–H groups in total. The summed E-state index contributed by atoms with van der Waals surface area (Å²) in [6.07, 6.45) is 9.77. The van der Waals surface area contributed by atoms with E-state index in [0.717, 1.165) is 39.0 Å². The maximum absolute atomic E-state index is 16.0. The highest BCUT2D eigenvalue weighted by Crippen LogP contribution is 2.35. The van der Waals surface area contributed by atoms with Gasteiger partial charge in [-0.1, -0.05) is 75.0 Å². The van der Waals surface area contributed by atoms with Crippen LogP contribution in [-0.4, -0.2) is 69.4 Å². The molecule has 4 aromatic carbocycles. The number of rotatable bonds is 8. The number of hydrogen-bond acceptors (Lipinski definition) is 8. The summed E-state index contributed by atoms with van der Waals surface area (Å²) in [6.45, 7) is 9.81. The fraction of sp³-hybridized carbons (Fsp3) is 0.0926. The Balaban J connectivity index is 0.000000169. The standard InChI is InChI=1S/C28H24F2N6.C24H14F2N6.C2H6/c1-5-22-24(25(30)16(2)18-13-20(36(3)4)15-31-14-18)27(35-34-22)28-32-23-8-6-7-21(26(23)33-28)17-9-11-19(29)12-10-17;25-15-8-6-13(7-9-15)16-4-1-5-17-22(16)30-24(29-17)23-19-18(31-32-23)12-28-21(20(19)26)14-3-2-10-27-11-14;1-2/h5-15,34H,2H2,1,3-4H3,(H,32,33);1-12H,(H,29,30)(H,31,32);1-2H3/b22-5+,25-24-;;. The third kappa shape index (κ3) is 8.80. The van der Waals surface area contributed by atoms with E-state index in [0.29, 0.717) is 61.4 Å². The molecular formula is C54H44F4N12. The fourth-order valence-corrected chi connectivity index (χ4v) is 7.94. The zero-order chi connectivity index (χ0) is 49.1. The molecule has 11 rings (SSSR count). The van der Waals surface area contributed by atoms with Crippen LogP contribution in [-0.2, 0) is 0 Å². The number of aromatic amines is 4. The van der Waals surface area contributed by atoms with Gasteiger partial charge < -0.3 is 14.9 Å². The van der Waals surface area contributed by atoms with E-state index in [9.17, 15) is 8.78 Å². The lowest BCUT2D eigenvalue weighted by molar-refractivity contribution is 0.627. The maximum atomic E-state index is 16.0. The van der Waals surface area contributed by atoms with E-state index < -0.39 is 11.6 Å². The first-order valence-electron chi connectivity index (χ1n) is 22.2. The van der Waals surface area contributed by atoms with E-state index in [1.165, 1.54) is 24.3 Å². The number of imidazole rings is 2. The highest BCUT2D eigenvalue weighted by atomic mass is 19.1. The molecule has 7 heterocycles. The minimum Gasteiger partial charge on any atom is -0.376 e. The van der Waals surface area contributed by atoms with E-state index in [1.54, 1.807) is 80.4 Å². The molecule has 0 aliphatic carbocycles. The molecule has 0 bridgehead atoms. The molecule has 0 fully saturated rings. The van der Waals surface area contributed by atoms with Gasteiger partial charge in [-0.3, -0.25) is 25.1 Å². The van der Waals surface area contributed by atoms with Crippen LogP contribution >= 0.6 is 0 Å². The number of nitrogens with one attached hydrogen (secondary N) is 4. The molecule has 0 saturated heterocycles. The number of pyridine rings is 3. The molecule has 0 aliphatic rings. The molecule has 7 aromatic heterocycles. The van der Waals surface area contributed by atoms with Crippen LogP contribution < -0.4 is 15.5 Å². The van der Waals surface area contributed by atoms with Gasteiger partial charge in [0.15, 0.2) is 17.5 Å². The second-order valence-corrected chi connectivity index (χ2v) is 15.9. The predicted octanol–water partition coefficient (Wildman–Crippen LogP) is 11.3. The molecule has 0 unspecified atom stereocenters. The number of aromatic nitrogens is 11. The number of H-pyrrole nitrogens is 4. The van der Waals surface area contributed by atoms with Crippen molar-refractivity contribution in [2.75, 3.05) is 19.0 Å². The number of nitrogens with zero attached hydrogens (tertiary/aromatic N) is 8. The van der Waals surface area contributed by atoms with Gasteiger partial charge in [-0.25, -0.2) is 27.5 Å². The van der Waals surface area contributed by atoms with Crippen LogP contribution in [0.4, 0.5) is 23.2 Å². The molecule has 70 heavy (non-hydrogen) atoms. The lowest BCUT2D eigenvalue weighted by atomic mass is 10.0. The van der Waals surface area contributed by atoms with Gasteiger partial charge in [0.25, 0.3) is 0 Å². The second-order valence-electron chi connectivity index (χ2n) is 15.9. The Bertz CT molecular complexity index is 3800. The van der Waals surface area contributed by atoms with Crippen LogP contribution in [0.5, 0.6) is 0 Å². The molecule has 0 spiro atoms. The average Bonchev–Trinajstić information content (AvgIpc) is 4.22. The molecule has 12 nitrogen and oxygen atoms in total. The summed E-state index contributed by atoms with van der Waals surface area (Å²) < 4.78 is 58.4. The van der Waals surface area contributed by atoms with Crippen molar-refractivity contribution < 1.29 is 17.6 Å². The first-order chi connectivity index (χ1) is 34.1. The van der Waals surface area contributed by atoms with E-state index in [1.807, 2.05) is 75.3 Å². The minimum absolute atomic E-state index is 0.191. The van der Waals surface area contributed by atoms with Gasteiger partial charge in [0.1, 0.15) is 34.5 Å². The third-order valence-corrected chi connectivity index (χ3v) is 11.4. The minimum atomic E-state index is -0.524. The van der Waals surface area contributed by atoms with Crippen molar-refractivity contribution in [2.45, 2.75) is 20.8 Å². The highest BCUT2D eigenvalue weighted by molar-refractivity contribution is 5.99. The van der Waals surface area contributed by atoms with Crippen molar-refractivity contribution in [1.29, 1.82) is 0 Å². The van der Waals surface area contributed by atoms with Gasteiger partial charge in [-0.05, 0) is 72.6 Å². The summed E-state index contributed by atoms with van der Waals surface area (Å²) in [7, 11) is 3.79. The lowest BCUT2D eigenvalue weighted by Gasteiger charge is -2.13. The number of allylic oxidation sites excluding steroid dienone is 1. The molecule has 16 heteroatoms. The van der Waals surface area contributed by atoms with Crippen molar-refractivity contribution in [2.24, 2.45) is 0 Å². The molecule has 0 amide bonds. The van der Waals surface area contributed by atoms with Crippen LogP contribution in [0.1, 0.15) is 26.3 Å². The van der Waals surface area contributed by atoms with Crippen molar-refractivity contribution in [3.63, 3.8) is 0 Å². The monoisotopic (exact) mass is 936 g/mol. The van der Waals surface area contributed by atoms with Gasteiger partial charge in [-0.15, -0.1) is 0 Å². The first-order valence-corrected chi connectivity index (χ1v) is 22.2. The zero-order valence-corrected chi connectivity index (χ0v) is 38.6. The number of para-hydroxylation sites is 2. The SMILES string of the molecule is C=C(/C(F)=c1/c(-c2nc3c(-c4ccc(F)cc4)cccc3[nH]2)n[nH]/c1=C/C)c1cncc(N(C)C)c1.CC.Fc1ccc(-c2cccc3[nH]c(-c4n[nH]c5cnc(-c6cccnc6)c(F)c45)nc23)cc1. The van der Waals surface area contributed by atoms with Crippen LogP contribution in [0.15, 0.2) is 141 Å². The third-order valence-electron chi connectivity index (χ3n) is 11.4. The van der Waals surface area contributed by atoms with E-state index in [2.05, 4.69) is 51.9 Å². The van der Waals surface area contributed by atoms with Gasteiger partial charge >= 0.3 is 0 Å². The van der Waals surface area contributed by atoms with E-state index >= 15 is 8.78 Å². The Hall–Kier alpha value is -9.05. The number of anilines is 1. The van der Waals surface area contributed by atoms with Crippen molar-refractivity contribution in [3.05, 3.63) is 174 Å². The van der Waals surface area contributed by atoms with Crippen LogP contribution in [0.25, 0.3) is 107 Å². The molecule has 0 radical (unpaired) electrons. The second kappa shape index (κ2) is 19.7. The Morgan fingerprint density at radius 2 is 1.23 bits per heavy atom. The number of halogens is 4. The van der Waals surface area contributed by atoms with Crippen LogP contribution in [0.2, 0.25) is 0 Å². The molecule has 348 valence electrons. The summed E-state index contributed by atoms with van der Waals surface area (Å²) >= 11 is 0. The van der Waals surface area contributed by atoms with Gasteiger partial charge in [0, 0.05) is 60.5 Å². The Morgan fingerprint density at radius 1 is 0.629 bits per heavy atom. The van der Waals surface area contributed by atoms with Gasteiger partial charge in [0.2, 0.25) is 0 Å². The number of benzene rings is 4. The molecule has 0 atom stereocenters. The molecule has 11 aromatic rings. The normalized spacial score (nSPS) is 11.9. The Kier molecular flexibility index (Phi) is 12.9. The number of hydrogen-bond donors (Lipinski definition) is 4. The molecular weight excluding hydrogens is 893 g/mol. The lowest BCUT2D eigenvalue weighted by Crippen LogP contribution is -2.26. The van der Waals surface area contributed by atoms with E-state index in [-0.39, 0.29) is 28.1 Å². The molecule has 0 aliphatic heterocycles. The maximum Gasteiger partial charge on any atom is 0.161 e. The summed E-state index contributed by atoms with van der Waals surface area (Å²) in [5.74, 6) is -0.817. The van der Waals surface area contributed by atoms with Crippen LogP contribution in [0, 0.1) is 17.5 Å². The van der Waals surface area contributed by atoms with Crippen LogP contribution in [0.3, 0.4) is 0 Å². The summed E-state index contributed by atoms with van der Waals surface area (Å²) in [6, 6.07) is 29.1. The highest BCUT2D eigenvalue weighted by Gasteiger charge is 2.22. The smallest absolute Gasteiger partial charge is 0.161 e. The van der Waals surface area contributed by atoms with Gasteiger partial charge in [0.05, 0.1) is 61.6 Å². The quantitative estimate of drug-likeness (QED) is 0.110. The van der Waals surface area contributed by atoms with E-state index in [4.69, 9.17) is 9.97 Å². The average molecular weight is 937 g/mol. The van der Waals surface area contributed by atoms with Crippen molar-refractivity contribution in [1.82, 2.24) is 55.3 Å². The summed E-state index contributed by atoms with van der Waals surface area (Å²) in [5.41, 5.74) is 9.71. The largest absolute Gasteiger partial charge is 0.376 e. The fourth-order valence-electron chi connectivity index (χ4n) is 7.94. The summed E-state index contributed by atoms with van der Waals surface area (Å²) in [5, 5.41) is 15.5. The Labute approximate surface area is 398 Å². The zero-order valence-electron chi connectivity index (χ0n) is 38.6. The summed E-state index contributed by atoms with van der Waals surface area (Å²) in [4.78, 5) is 30.4. The van der Waals surface area contributed by atoms with Gasteiger partial charge in [-0.2, -0.15) is 10.2 Å².